The lowest BCUT2D eigenvalue weighted by atomic mass is 10.2. The van der Waals surface area contributed by atoms with Crippen LogP contribution in [0, 0.1) is 0 Å². The van der Waals surface area contributed by atoms with Gasteiger partial charge in [0.2, 0.25) is 5.91 Å². The summed E-state index contributed by atoms with van der Waals surface area (Å²) in [5.74, 6) is 0.232. The molecule has 0 aliphatic carbocycles. The highest BCUT2D eigenvalue weighted by atomic mass is 16.2. The zero-order chi connectivity index (χ0) is 20.8. The molecule has 2 amide bonds. The van der Waals surface area contributed by atoms with Crippen molar-refractivity contribution in [1.82, 2.24) is 19.6 Å². The normalized spacial score (nSPS) is 18.4. The summed E-state index contributed by atoms with van der Waals surface area (Å²) in [6, 6.07) is 19.9. The smallest absolute Gasteiger partial charge is 0.253 e. The number of nitrogens with zero attached hydrogens (tertiary/aromatic N) is 4. The second-order valence-corrected chi connectivity index (χ2v) is 8.08. The van der Waals surface area contributed by atoms with Gasteiger partial charge in [0.05, 0.1) is 6.54 Å². The molecule has 158 valence electrons. The quantitative estimate of drug-likeness (QED) is 0.760. The van der Waals surface area contributed by atoms with Crippen molar-refractivity contribution in [3.8, 4) is 0 Å². The molecule has 0 saturated carbocycles. The van der Waals surface area contributed by atoms with Crippen LogP contribution in [0.2, 0.25) is 0 Å². The maximum Gasteiger partial charge on any atom is 0.253 e. The van der Waals surface area contributed by atoms with Gasteiger partial charge in [-0.1, -0.05) is 48.5 Å². The Labute approximate surface area is 178 Å². The Balaban J connectivity index is 1.19. The molecular weight excluding hydrogens is 376 g/mol. The van der Waals surface area contributed by atoms with Crippen LogP contribution in [0.25, 0.3) is 0 Å². The molecule has 2 aromatic carbocycles. The van der Waals surface area contributed by atoms with Gasteiger partial charge in [-0.2, -0.15) is 0 Å². The Morgan fingerprint density at radius 2 is 1.17 bits per heavy atom. The first-order valence-corrected chi connectivity index (χ1v) is 10.8. The number of carbonyl (C=O) groups excluding carboxylic acids is 2. The molecule has 2 saturated heterocycles. The average Bonchev–Trinajstić information content (AvgIpc) is 2.81. The van der Waals surface area contributed by atoms with Crippen LogP contribution < -0.4 is 0 Å². The summed E-state index contributed by atoms with van der Waals surface area (Å²) in [5.41, 5.74) is 2.05. The maximum atomic E-state index is 12.8. The van der Waals surface area contributed by atoms with E-state index in [0.717, 1.165) is 32.7 Å². The van der Waals surface area contributed by atoms with Crippen molar-refractivity contribution in [3.05, 3.63) is 71.8 Å². The summed E-state index contributed by atoms with van der Waals surface area (Å²) in [4.78, 5) is 33.8. The van der Waals surface area contributed by atoms with E-state index in [0.29, 0.717) is 38.3 Å². The molecular formula is C24H30N4O2. The van der Waals surface area contributed by atoms with Crippen LogP contribution in [0.3, 0.4) is 0 Å². The van der Waals surface area contributed by atoms with E-state index in [1.807, 2.05) is 46.2 Å². The Bertz CT molecular complexity index is 827. The molecule has 0 N–H and O–H groups in total. The number of hydrogen-bond acceptors (Lipinski definition) is 4. The summed E-state index contributed by atoms with van der Waals surface area (Å²) < 4.78 is 0. The van der Waals surface area contributed by atoms with E-state index in [2.05, 4.69) is 34.1 Å². The molecule has 0 atom stereocenters. The fourth-order valence-corrected chi connectivity index (χ4v) is 4.16. The predicted octanol–water partition coefficient (Wildman–Crippen LogP) is 1.79. The highest BCUT2D eigenvalue weighted by Crippen LogP contribution is 2.11. The number of piperazine rings is 2. The maximum absolute atomic E-state index is 12.8. The molecule has 2 aliphatic rings. The monoisotopic (exact) mass is 406 g/mol. The fraction of sp³-hybridized carbons (Fsp3) is 0.417. The first-order chi connectivity index (χ1) is 14.7. The van der Waals surface area contributed by atoms with E-state index in [1.54, 1.807) is 0 Å². The number of amides is 2. The van der Waals surface area contributed by atoms with Gasteiger partial charge in [0.1, 0.15) is 0 Å². The Morgan fingerprint density at radius 1 is 0.633 bits per heavy atom. The summed E-state index contributed by atoms with van der Waals surface area (Å²) in [6.45, 7) is 7.70. The van der Waals surface area contributed by atoms with Gasteiger partial charge in [-0.15, -0.1) is 0 Å². The minimum atomic E-state index is 0.0530. The van der Waals surface area contributed by atoms with Crippen LogP contribution >= 0.6 is 0 Å². The van der Waals surface area contributed by atoms with Crippen molar-refractivity contribution in [2.45, 2.75) is 6.54 Å². The molecule has 0 spiro atoms. The third kappa shape index (κ3) is 5.26. The topological polar surface area (TPSA) is 47.1 Å². The van der Waals surface area contributed by atoms with Gasteiger partial charge in [0.25, 0.3) is 5.91 Å². The number of benzene rings is 2. The molecule has 2 fully saturated rings. The lowest BCUT2D eigenvalue weighted by Crippen LogP contribution is -2.54. The second-order valence-electron chi connectivity index (χ2n) is 8.08. The summed E-state index contributed by atoms with van der Waals surface area (Å²) in [7, 11) is 0. The van der Waals surface area contributed by atoms with Gasteiger partial charge in [-0.25, -0.2) is 0 Å². The zero-order valence-corrected chi connectivity index (χ0v) is 17.4. The first-order valence-electron chi connectivity index (χ1n) is 10.8. The largest absolute Gasteiger partial charge is 0.338 e. The van der Waals surface area contributed by atoms with Crippen molar-refractivity contribution < 1.29 is 9.59 Å². The third-order valence-electron chi connectivity index (χ3n) is 6.01. The molecule has 0 unspecified atom stereocenters. The van der Waals surface area contributed by atoms with Crippen LogP contribution in [0.15, 0.2) is 60.7 Å². The lowest BCUT2D eigenvalue weighted by Gasteiger charge is -2.38. The first kappa shape index (κ1) is 20.6. The van der Waals surface area contributed by atoms with Gasteiger partial charge in [0.15, 0.2) is 0 Å². The summed E-state index contributed by atoms with van der Waals surface area (Å²) in [6.07, 6.45) is 0. The van der Waals surface area contributed by atoms with Gasteiger partial charge in [-0.05, 0) is 17.7 Å². The van der Waals surface area contributed by atoms with E-state index >= 15 is 0 Å². The highest BCUT2D eigenvalue weighted by Gasteiger charge is 2.26. The van der Waals surface area contributed by atoms with Crippen LogP contribution in [0.1, 0.15) is 15.9 Å². The third-order valence-corrected chi connectivity index (χ3v) is 6.01. The van der Waals surface area contributed by atoms with E-state index < -0.39 is 0 Å². The molecule has 4 rings (SSSR count). The van der Waals surface area contributed by atoms with Crippen molar-refractivity contribution in [2.75, 3.05) is 58.9 Å². The fourth-order valence-electron chi connectivity index (χ4n) is 4.16. The van der Waals surface area contributed by atoms with Gasteiger partial charge in [0, 0.05) is 64.5 Å². The second kappa shape index (κ2) is 9.87. The van der Waals surface area contributed by atoms with Gasteiger partial charge in [-0.3, -0.25) is 19.4 Å². The Kier molecular flexibility index (Phi) is 6.77. The molecule has 0 aromatic heterocycles. The Hall–Kier alpha value is -2.70. The van der Waals surface area contributed by atoms with Crippen molar-refractivity contribution in [2.24, 2.45) is 0 Å². The molecule has 2 aromatic rings. The van der Waals surface area contributed by atoms with Gasteiger partial charge < -0.3 is 9.80 Å². The van der Waals surface area contributed by atoms with E-state index in [4.69, 9.17) is 0 Å². The average molecular weight is 407 g/mol. The van der Waals surface area contributed by atoms with E-state index in [9.17, 15) is 9.59 Å². The molecule has 30 heavy (non-hydrogen) atoms. The number of rotatable bonds is 5. The number of carbonyl (C=O) groups is 2. The lowest BCUT2D eigenvalue weighted by molar-refractivity contribution is -0.134. The van der Waals surface area contributed by atoms with Crippen LogP contribution in [-0.4, -0.2) is 90.3 Å². The summed E-state index contributed by atoms with van der Waals surface area (Å²) in [5, 5.41) is 0. The standard InChI is InChI=1S/C24H30N4O2/c29-23(20-26-13-11-25(12-14-26)19-21-7-3-1-4-8-21)27-15-17-28(18-16-27)24(30)22-9-5-2-6-10-22/h1-10H,11-20H2. The van der Waals surface area contributed by atoms with Crippen LogP contribution in [-0.2, 0) is 11.3 Å². The minimum Gasteiger partial charge on any atom is -0.338 e. The number of hydrogen-bond donors (Lipinski definition) is 0. The van der Waals surface area contributed by atoms with E-state index in [-0.39, 0.29) is 11.8 Å². The zero-order valence-electron chi connectivity index (χ0n) is 17.4. The molecule has 6 nitrogen and oxygen atoms in total. The predicted molar refractivity (Wildman–Crippen MR) is 117 cm³/mol. The van der Waals surface area contributed by atoms with Crippen molar-refractivity contribution >= 4 is 11.8 Å². The SMILES string of the molecule is O=C(CN1CCN(Cc2ccccc2)CC1)N1CCN(C(=O)c2ccccc2)CC1. The Morgan fingerprint density at radius 3 is 1.80 bits per heavy atom. The summed E-state index contributed by atoms with van der Waals surface area (Å²) >= 11 is 0. The van der Waals surface area contributed by atoms with E-state index in [1.165, 1.54) is 5.56 Å². The van der Waals surface area contributed by atoms with Crippen molar-refractivity contribution in [1.29, 1.82) is 0 Å². The molecule has 6 heteroatoms. The minimum absolute atomic E-state index is 0.0530. The van der Waals surface area contributed by atoms with Crippen LogP contribution in [0.4, 0.5) is 0 Å². The molecule has 0 bridgehead atoms. The molecule has 0 radical (unpaired) electrons. The highest BCUT2D eigenvalue weighted by molar-refractivity contribution is 5.94. The van der Waals surface area contributed by atoms with Crippen LogP contribution in [0.5, 0.6) is 0 Å². The molecule has 2 aliphatic heterocycles. The van der Waals surface area contributed by atoms with Gasteiger partial charge >= 0.3 is 0 Å². The van der Waals surface area contributed by atoms with Crippen molar-refractivity contribution in [3.63, 3.8) is 0 Å². The molecule has 2 heterocycles.